The molecule has 1 atom stereocenters. The molecule has 6 heteroatoms. The molecular weight excluding hydrogens is 458 g/mol. The first-order valence-corrected chi connectivity index (χ1v) is 14.7. The number of esters is 1. The van der Waals surface area contributed by atoms with Gasteiger partial charge in [-0.15, -0.1) is 11.8 Å². The van der Waals surface area contributed by atoms with Gasteiger partial charge >= 0.3 is 5.97 Å². The van der Waals surface area contributed by atoms with Crippen LogP contribution in [-0.2, 0) is 20.8 Å². The number of carbonyl (C=O) groups excluding carboxylic acids is 1. The van der Waals surface area contributed by atoms with Crippen LogP contribution in [0.2, 0.25) is 0 Å². The summed E-state index contributed by atoms with van der Waals surface area (Å²) in [5.41, 5.74) is 1.59. The molecule has 1 aromatic carbocycles. The fourth-order valence-corrected chi connectivity index (χ4v) is 4.89. The number of thioether (sulfide) groups is 1. The number of hydrogen-bond donors (Lipinski definition) is 0. The van der Waals surface area contributed by atoms with Gasteiger partial charge in [-0.1, -0.05) is 95.8 Å². The second kappa shape index (κ2) is 19.7. The minimum absolute atomic E-state index is 0.196. The van der Waals surface area contributed by atoms with Crippen molar-refractivity contribution in [2.45, 2.75) is 96.6 Å². The standard InChI is InChI=1S/C29H47NO4S/c1-3-4-5-6-7-8-9-10-11-12-13-16-20-33-23-27(32-2)24-34-29(31)28-18-15-14-17-26(28)22-30-19-21-35-25-30/h14-15,17-19,21,27H,3-13,16,20,22-25H2,1-2H3. The summed E-state index contributed by atoms with van der Waals surface area (Å²) in [7, 11) is 1.64. The molecule has 198 valence electrons. The molecule has 1 aromatic rings. The monoisotopic (exact) mass is 505 g/mol. The lowest BCUT2D eigenvalue weighted by atomic mass is 10.1. The molecule has 0 spiro atoms. The number of carbonyl (C=O) groups is 1. The lowest BCUT2D eigenvalue weighted by Crippen LogP contribution is -2.27. The van der Waals surface area contributed by atoms with Crippen molar-refractivity contribution in [2.75, 3.05) is 32.8 Å². The first kappa shape index (κ1) is 29.7. The number of methoxy groups -OCH3 is 1. The lowest BCUT2D eigenvalue weighted by molar-refractivity contribution is -0.0315. The Balaban J connectivity index is 1.51. The third-order valence-corrected chi connectivity index (χ3v) is 7.19. The Bertz CT molecular complexity index is 712. The second-order valence-corrected chi connectivity index (χ2v) is 10.3. The van der Waals surface area contributed by atoms with Crippen molar-refractivity contribution >= 4 is 17.7 Å². The van der Waals surface area contributed by atoms with E-state index >= 15 is 0 Å². The number of unbranched alkanes of at least 4 members (excludes halogenated alkanes) is 11. The van der Waals surface area contributed by atoms with Gasteiger partial charge in [0.25, 0.3) is 0 Å². The molecular formula is C29H47NO4S. The summed E-state index contributed by atoms with van der Waals surface area (Å²) < 4.78 is 16.8. The summed E-state index contributed by atoms with van der Waals surface area (Å²) in [5, 5.41) is 2.07. The van der Waals surface area contributed by atoms with Crippen LogP contribution < -0.4 is 0 Å². The van der Waals surface area contributed by atoms with E-state index in [-0.39, 0.29) is 18.7 Å². The van der Waals surface area contributed by atoms with E-state index in [9.17, 15) is 4.79 Å². The number of benzene rings is 1. The molecule has 0 saturated heterocycles. The number of nitrogens with zero attached hydrogens (tertiary/aromatic N) is 1. The van der Waals surface area contributed by atoms with E-state index < -0.39 is 0 Å². The maximum absolute atomic E-state index is 12.7. The van der Waals surface area contributed by atoms with E-state index in [1.54, 1.807) is 18.9 Å². The van der Waals surface area contributed by atoms with Gasteiger partial charge in [-0.25, -0.2) is 4.79 Å². The highest BCUT2D eigenvalue weighted by Gasteiger charge is 2.17. The average molecular weight is 506 g/mol. The van der Waals surface area contributed by atoms with Gasteiger partial charge in [0, 0.05) is 26.5 Å². The van der Waals surface area contributed by atoms with E-state index in [2.05, 4.69) is 23.4 Å². The Morgan fingerprint density at radius 3 is 2.23 bits per heavy atom. The summed E-state index contributed by atoms with van der Waals surface area (Å²) in [4.78, 5) is 14.9. The van der Waals surface area contributed by atoms with Crippen molar-refractivity contribution in [2.24, 2.45) is 0 Å². The SMILES string of the molecule is CCCCCCCCCCCCCCOCC(COC(=O)c1ccccc1CN1C=CSC1)OC. The summed E-state index contributed by atoms with van der Waals surface area (Å²) >= 11 is 1.75. The molecule has 1 aliphatic rings. The van der Waals surface area contributed by atoms with E-state index in [1.807, 2.05) is 24.3 Å². The Morgan fingerprint density at radius 2 is 1.60 bits per heavy atom. The van der Waals surface area contributed by atoms with Crippen LogP contribution in [0.15, 0.2) is 35.9 Å². The van der Waals surface area contributed by atoms with E-state index in [0.717, 1.165) is 24.5 Å². The smallest absolute Gasteiger partial charge is 0.338 e. The van der Waals surface area contributed by atoms with E-state index in [4.69, 9.17) is 14.2 Å². The van der Waals surface area contributed by atoms with Crippen molar-refractivity contribution in [3.63, 3.8) is 0 Å². The molecule has 0 amide bonds. The molecule has 1 aliphatic heterocycles. The van der Waals surface area contributed by atoms with Gasteiger partial charge < -0.3 is 19.1 Å². The summed E-state index contributed by atoms with van der Waals surface area (Å²) in [6.45, 7) is 4.34. The van der Waals surface area contributed by atoms with Gasteiger partial charge in [-0.2, -0.15) is 0 Å². The number of rotatable bonds is 21. The highest BCUT2D eigenvalue weighted by molar-refractivity contribution is 8.02. The van der Waals surface area contributed by atoms with Crippen LogP contribution in [0, 0.1) is 0 Å². The maximum atomic E-state index is 12.7. The van der Waals surface area contributed by atoms with Crippen LogP contribution in [-0.4, -0.2) is 49.8 Å². The third-order valence-electron chi connectivity index (χ3n) is 6.40. The maximum Gasteiger partial charge on any atom is 0.338 e. The topological polar surface area (TPSA) is 48.0 Å². The molecule has 35 heavy (non-hydrogen) atoms. The van der Waals surface area contributed by atoms with Crippen molar-refractivity contribution < 1.29 is 19.0 Å². The molecule has 0 aromatic heterocycles. The highest BCUT2D eigenvalue weighted by Crippen LogP contribution is 2.20. The predicted octanol–water partition coefficient (Wildman–Crippen LogP) is 7.55. The van der Waals surface area contributed by atoms with Crippen molar-refractivity contribution in [1.82, 2.24) is 4.90 Å². The van der Waals surface area contributed by atoms with Gasteiger partial charge in [-0.05, 0) is 23.5 Å². The average Bonchev–Trinajstić information content (AvgIpc) is 3.39. The number of ether oxygens (including phenoxy) is 3. The zero-order valence-corrected chi connectivity index (χ0v) is 22.9. The normalized spacial score (nSPS) is 13.9. The van der Waals surface area contributed by atoms with Crippen molar-refractivity contribution in [1.29, 1.82) is 0 Å². The molecule has 0 aliphatic carbocycles. The van der Waals surface area contributed by atoms with Gasteiger partial charge in [0.1, 0.15) is 12.7 Å². The second-order valence-electron chi connectivity index (χ2n) is 9.41. The summed E-state index contributed by atoms with van der Waals surface area (Å²) in [5.74, 6) is 0.602. The van der Waals surface area contributed by atoms with Crippen LogP contribution >= 0.6 is 11.8 Å². The number of hydrogen-bond acceptors (Lipinski definition) is 6. The zero-order chi connectivity index (χ0) is 25.0. The summed E-state index contributed by atoms with van der Waals surface area (Å²) in [6, 6.07) is 7.65. The molecule has 0 bridgehead atoms. The lowest BCUT2D eigenvalue weighted by Gasteiger charge is -2.18. The largest absolute Gasteiger partial charge is 0.459 e. The van der Waals surface area contributed by atoms with Crippen LogP contribution in [0.4, 0.5) is 0 Å². The Kier molecular flexibility index (Phi) is 16.7. The molecule has 1 heterocycles. The van der Waals surface area contributed by atoms with Gasteiger partial charge in [0.05, 0.1) is 18.0 Å². The molecule has 0 fully saturated rings. The third kappa shape index (κ3) is 13.4. The molecule has 5 nitrogen and oxygen atoms in total. The van der Waals surface area contributed by atoms with Crippen molar-refractivity contribution in [3.05, 3.63) is 47.0 Å². The molecule has 0 N–H and O–H groups in total. The van der Waals surface area contributed by atoms with Crippen LogP contribution in [0.5, 0.6) is 0 Å². The van der Waals surface area contributed by atoms with Crippen molar-refractivity contribution in [3.8, 4) is 0 Å². The van der Waals surface area contributed by atoms with Gasteiger partial charge in [0.2, 0.25) is 0 Å². The first-order chi connectivity index (χ1) is 17.2. The minimum atomic E-state index is -0.306. The van der Waals surface area contributed by atoms with Crippen LogP contribution in [0.3, 0.4) is 0 Å². The quantitative estimate of drug-likeness (QED) is 0.127. The molecule has 1 unspecified atom stereocenters. The fraction of sp³-hybridized carbons (Fsp3) is 0.690. The fourth-order valence-electron chi connectivity index (χ4n) is 4.18. The summed E-state index contributed by atoms with van der Waals surface area (Å²) in [6.07, 6.45) is 17.8. The zero-order valence-electron chi connectivity index (χ0n) is 22.1. The Hall–Kier alpha value is -1.50. The molecule has 2 rings (SSSR count). The minimum Gasteiger partial charge on any atom is -0.459 e. The molecule has 0 saturated carbocycles. The molecule has 0 radical (unpaired) electrons. The Labute approximate surface area is 218 Å². The highest BCUT2D eigenvalue weighted by atomic mass is 32.2. The predicted molar refractivity (Wildman–Crippen MR) is 147 cm³/mol. The first-order valence-electron chi connectivity index (χ1n) is 13.6. The van der Waals surface area contributed by atoms with E-state index in [0.29, 0.717) is 18.7 Å². The Morgan fingerprint density at radius 1 is 0.943 bits per heavy atom. The van der Waals surface area contributed by atoms with Gasteiger partial charge in [-0.3, -0.25) is 0 Å². The van der Waals surface area contributed by atoms with Gasteiger partial charge in [0.15, 0.2) is 0 Å². The van der Waals surface area contributed by atoms with E-state index in [1.165, 1.54) is 70.6 Å². The van der Waals surface area contributed by atoms with Crippen LogP contribution in [0.25, 0.3) is 0 Å². The van der Waals surface area contributed by atoms with Crippen LogP contribution in [0.1, 0.15) is 99.9 Å².